The molecule has 0 saturated carbocycles. The van der Waals surface area contributed by atoms with Crippen LogP contribution in [0.15, 0.2) is 24.3 Å². The normalized spacial score (nSPS) is 13.4. The summed E-state index contributed by atoms with van der Waals surface area (Å²) in [6.07, 6.45) is 0. The van der Waals surface area contributed by atoms with Crippen LogP contribution in [0.3, 0.4) is 0 Å². The van der Waals surface area contributed by atoms with E-state index >= 15 is 0 Å². The van der Waals surface area contributed by atoms with Crippen LogP contribution >= 0.6 is 0 Å². The van der Waals surface area contributed by atoms with Gasteiger partial charge in [-0.3, -0.25) is 10.00 Å². The first-order chi connectivity index (χ1) is 13.0. The van der Waals surface area contributed by atoms with Crippen LogP contribution in [-0.4, -0.2) is 60.0 Å². The molecule has 0 atom stereocenters. The molecule has 1 aliphatic rings. The fraction of sp³-hybridized carbons (Fsp3) is 0.389. The van der Waals surface area contributed by atoms with E-state index in [9.17, 15) is 9.59 Å². The Balaban J connectivity index is 1.67. The number of nitrogens with zero attached hydrogens (tertiary/aromatic N) is 3. The van der Waals surface area contributed by atoms with Crippen molar-refractivity contribution in [1.29, 1.82) is 0 Å². The first kappa shape index (κ1) is 18.6. The van der Waals surface area contributed by atoms with Gasteiger partial charge in [0, 0.05) is 38.8 Å². The molecule has 2 aromatic rings. The molecule has 0 spiro atoms. The molecule has 27 heavy (non-hydrogen) atoms. The van der Waals surface area contributed by atoms with E-state index in [4.69, 9.17) is 4.74 Å². The zero-order valence-electron chi connectivity index (χ0n) is 15.7. The molecule has 3 rings (SSSR count). The molecule has 1 aromatic heterocycles. The molecule has 0 bridgehead atoms. The van der Waals surface area contributed by atoms with Gasteiger partial charge in [0.2, 0.25) is 0 Å². The van der Waals surface area contributed by atoms with Crippen LogP contribution in [0, 0.1) is 6.92 Å². The second-order valence-corrected chi connectivity index (χ2v) is 6.26. The number of ether oxygens (including phenoxy) is 1. The molecule has 2 heterocycles. The van der Waals surface area contributed by atoms with Crippen LogP contribution in [0.5, 0.6) is 5.75 Å². The van der Waals surface area contributed by atoms with Gasteiger partial charge in [-0.2, -0.15) is 5.10 Å². The van der Waals surface area contributed by atoms with Crippen molar-refractivity contribution in [2.24, 2.45) is 7.05 Å². The molecule has 0 aliphatic carbocycles. The molecule has 3 N–H and O–H groups in total. The fourth-order valence-corrected chi connectivity index (χ4v) is 3.09. The third kappa shape index (κ3) is 4.13. The van der Waals surface area contributed by atoms with E-state index in [2.05, 4.69) is 21.0 Å². The van der Waals surface area contributed by atoms with Crippen molar-refractivity contribution in [3.63, 3.8) is 0 Å². The molecule has 144 valence electrons. The summed E-state index contributed by atoms with van der Waals surface area (Å²) < 4.78 is 6.84. The summed E-state index contributed by atoms with van der Waals surface area (Å²) in [5.74, 6) is 1.37. The predicted octanol–water partition coefficient (Wildman–Crippen LogP) is 1.55. The summed E-state index contributed by atoms with van der Waals surface area (Å²) in [5.41, 5.74) is 2.60. The minimum Gasteiger partial charge on any atom is -0.497 e. The van der Waals surface area contributed by atoms with Gasteiger partial charge >= 0.3 is 12.1 Å². The van der Waals surface area contributed by atoms with Gasteiger partial charge in [-0.1, -0.05) is 12.1 Å². The molecule has 1 saturated heterocycles. The van der Waals surface area contributed by atoms with Crippen molar-refractivity contribution in [2.45, 2.75) is 6.92 Å². The van der Waals surface area contributed by atoms with E-state index in [0.29, 0.717) is 32.0 Å². The third-order valence-electron chi connectivity index (χ3n) is 4.45. The zero-order valence-corrected chi connectivity index (χ0v) is 15.7. The van der Waals surface area contributed by atoms with Crippen molar-refractivity contribution in [3.8, 4) is 16.9 Å². The van der Waals surface area contributed by atoms with E-state index in [1.54, 1.807) is 23.7 Å². The lowest BCUT2D eigenvalue weighted by Gasteiger charge is -2.15. The molecule has 0 unspecified atom stereocenters. The van der Waals surface area contributed by atoms with Gasteiger partial charge in [0.1, 0.15) is 11.6 Å². The van der Waals surface area contributed by atoms with Gasteiger partial charge in [-0.15, -0.1) is 0 Å². The quantitative estimate of drug-likeness (QED) is 0.716. The first-order valence-electron chi connectivity index (χ1n) is 8.75. The van der Waals surface area contributed by atoms with Gasteiger partial charge in [0.15, 0.2) is 0 Å². The van der Waals surface area contributed by atoms with Crippen LogP contribution in [0.2, 0.25) is 0 Å². The number of anilines is 1. The lowest BCUT2D eigenvalue weighted by atomic mass is 10.1. The molecule has 9 heteroatoms. The summed E-state index contributed by atoms with van der Waals surface area (Å²) in [5, 5.41) is 12.8. The number of hydrogen-bond donors (Lipinski definition) is 3. The average Bonchev–Trinajstić information content (AvgIpc) is 3.18. The number of amides is 4. The van der Waals surface area contributed by atoms with E-state index < -0.39 is 0 Å². The van der Waals surface area contributed by atoms with Crippen molar-refractivity contribution in [2.75, 3.05) is 38.6 Å². The van der Waals surface area contributed by atoms with Crippen molar-refractivity contribution in [3.05, 3.63) is 30.0 Å². The van der Waals surface area contributed by atoms with E-state index in [-0.39, 0.29) is 12.1 Å². The monoisotopic (exact) mass is 372 g/mol. The molecular weight excluding hydrogens is 348 g/mol. The van der Waals surface area contributed by atoms with Gasteiger partial charge in [-0.25, -0.2) is 9.59 Å². The third-order valence-corrected chi connectivity index (χ3v) is 4.45. The highest BCUT2D eigenvalue weighted by molar-refractivity contribution is 5.93. The van der Waals surface area contributed by atoms with Crippen LogP contribution in [0.4, 0.5) is 15.4 Å². The van der Waals surface area contributed by atoms with Gasteiger partial charge in [-0.05, 0) is 24.6 Å². The number of aryl methyl sites for hydroxylation is 2. The molecular formula is C18H24N6O3. The Bertz CT molecular complexity index is 830. The summed E-state index contributed by atoms with van der Waals surface area (Å²) in [7, 11) is 3.40. The van der Waals surface area contributed by atoms with Crippen LogP contribution in [-0.2, 0) is 7.05 Å². The smallest absolute Gasteiger partial charge is 0.320 e. The second-order valence-electron chi connectivity index (χ2n) is 6.26. The highest BCUT2D eigenvalue weighted by Crippen LogP contribution is 2.32. The number of nitrogens with one attached hydrogen (secondary N) is 3. The number of benzene rings is 1. The lowest BCUT2D eigenvalue weighted by Crippen LogP contribution is -2.38. The van der Waals surface area contributed by atoms with Crippen molar-refractivity contribution < 1.29 is 14.3 Å². The average molecular weight is 372 g/mol. The molecule has 4 amide bonds. The number of carbonyl (C=O) groups excluding carboxylic acids is 2. The fourth-order valence-electron chi connectivity index (χ4n) is 3.09. The number of methoxy groups -OCH3 is 1. The molecule has 0 radical (unpaired) electrons. The zero-order chi connectivity index (χ0) is 19.4. The Morgan fingerprint density at radius 1 is 1.33 bits per heavy atom. The maximum absolute atomic E-state index is 12.3. The number of aromatic nitrogens is 2. The van der Waals surface area contributed by atoms with E-state index in [1.807, 2.05) is 31.2 Å². The SMILES string of the molecule is COc1ccc(-c2c(C)nn(C)c2NC(=O)NCCN2CCNC2=O)cc1. The Morgan fingerprint density at radius 3 is 2.70 bits per heavy atom. The van der Waals surface area contributed by atoms with Gasteiger partial charge < -0.3 is 20.3 Å². The largest absolute Gasteiger partial charge is 0.497 e. The summed E-state index contributed by atoms with van der Waals surface area (Å²) in [4.78, 5) is 25.5. The number of hydrogen-bond acceptors (Lipinski definition) is 4. The predicted molar refractivity (Wildman–Crippen MR) is 102 cm³/mol. The van der Waals surface area contributed by atoms with Crippen LogP contribution < -0.4 is 20.7 Å². The highest BCUT2D eigenvalue weighted by Gasteiger charge is 2.20. The molecule has 1 aliphatic heterocycles. The van der Waals surface area contributed by atoms with Gasteiger partial charge in [0.05, 0.1) is 12.8 Å². The topological polar surface area (TPSA) is 101 Å². The molecule has 9 nitrogen and oxygen atoms in total. The Labute approximate surface area is 157 Å². The van der Waals surface area contributed by atoms with E-state index in [0.717, 1.165) is 22.6 Å². The van der Waals surface area contributed by atoms with Crippen LogP contribution in [0.1, 0.15) is 5.69 Å². The Hall–Kier alpha value is -3.23. The Morgan fingerprint density at radius 2 is 2.07 bits per heavy atom. The summed E-state index contributed by atoms with van der Waals surface area (Å²) in [6.45, 7) is 4.03. The number of carbonyl (C=O) groups is 2. The second kappa shape index (κ2) is 7.98. The standard InChI is InChI=1S/C18H24N6O3/c1-12-15(13-4-6-14(27-3)7-5-13)16(23(2)22-12)21-17(25)19-8-10-24-11-9-20-18(24)26/h4-7H,8-11H2,1-3H3,(H,20,26)(H2,19,21,25). The maximum atomic E-state index is 12.3. The molecule has 1 aromatic carbocycles. The minimum absolute atomic E-state index is 0.0961. The van der Waals surface area contributed by atoms with E-state index in [1.165, 1.54) is 0 Å². The lowest BCUT2D eigenvalue weighted by molar-refractivity contribution is 0.216. The van der Waals surface area contributed by atoms with Crippen molar-refractivity contribution >= 4 is 17.9 Å². The van der Waals surface area contributed by atoms with Gasteiger partial charge in [0.25, 0.3) is 0 Å². The Kier molecular flexibility index (Phi) is 5.49. The highest BCUT2D eigenvalue weighted by atomic mass is 16.5. The number of rotatable bonds is 6. The first-order valence-corrected chi connectivity index (χ1v) is 8.75. The molecule has 1 fully saturated rings. The van der Waals surface area contributed by atoms with Crippen molar-refractivity contribution in [1.82, 2.24) is 25.3 Å². The maximum Gasteiger partial charge on any atom is 0.320 e. The summed E-state index contributed by atoms with van der Waals surface area (Å²) >= 11 is 0. The number of urea groups is 2. The summed E-state index contributed by atoms with van der Waals surface area (Å²) in [6, 6.07) is 7.16. The minimum atomic E-state index is -0.340. The van der Waals surface area contributed by atoms with Crippen LogP contribution in [0.25, 0.3) is 11.1 Å².